The zero-order valence-corrected chi connectivity index (χ0v) is 31.9. The molecule has 1 saturated carbocycles. The van der Waals surface area contributed by atoms with Crippen LogP contribution in [0.4, 0.5) is 5.69 Å². The standard InChI is InChI=1S/C44H51N3O7/c1-29-22-39(27-43(48)47(29)30(2)34-16-18-37(50-3)19-17-34)54-28-33-20-21-53-38(24-33)10-7-11-41(51-4)44(49)45-36-25-40(46-42(26-36)52-5)35-9-6-8-32(23-35)15-14-31-12-13-31/h6,8-9,16-19,22-23,25-27,30-31,33,38,41H,7,10-13,20-21,24,28H2,1-5H3,(H,45,46,49)/t30-,33?,38?,41-/m0/s1. The largest absolute Gasteiger partial charge is 0.497 e. The van der Waals surface area contributed by atoms with Crippen LogP contribution in [0.1, 0.15) is 74.7 Å². The lowest BCUT2D eigenvalue weighted by Crippen LogP contribution is -2.31. The van der Waals surface area contributed by atoms with Crippen molar-refractivity contribution in [1.29, 1.82) is 0 Å². The molecule has 2 unspecified atom stereocenters. The van der Waals surface area contributed by atoms with E-state index in [0.717, 1.165) is 53.8 Å². The summed E-state index contributed by atoms with van der Waals surface area (Å²) >= 11 is 0. The van der Waals surface area contributed by atoms with Crippen molar-refractivity contribution in [2.45, 2.75) is 77.0 Å². The Balaban J connectivity index is 0.987. The van der Waals surface area contributed by atoms with Crippen molar-refractivity contribution in [2.24, 2.45) is 11.8 Å². The third-order valence-corrected chi connectivity index (χ3v) is 10.2. The van der Waals surface area contributed by atoms with Gasteiger partial charge in [-0.3, -0.25) is 9.59 Å². The lowest BCUT2D eigenvalue weighted by atomic mass is 9.93. The molecule has 4 aromatic rings. The molecule has 1 amide bonds. The Labute approximate surface area is 318 Å². The fourth-order valence-corrected chi connectivity index (χ4v) is 6.93. The Morgan fingerprint density at radius 3 is 2.54 bits per heavy atom. The fourth-order valence-electron chi connectivity index (χ4n) is 6.93. The third kappa shape index (κ3) is 10.3. The molecule has 1 aliphatic heterocycles. The lowest BCUT2D eigenvalue weighted by molar-refractivity contribution is -0.126. The first-order chi connectivity index (χ1) is 26.2. The van der Waals surface area contributed by atoms with Gasteiger partial charge in [0.05, 0.1) is 38.7 Å². The maximum atomic E-state index is 13.4. The van der Waals surface area contributed by atoms with Crippen LogP contribution in [-0.2, 0) is 14.3 Å². The number of hydrogen-bond donors (Lipinski definition) is 1. The van der Waals surface area contributed by atoms with E-state index in [4.69, 9.17) is 23.7 Å². The van der Waals surface area contributed by atoms with Gasteiger partial charge >= 0.3 is 0 Å². The molecule has 3 heterocycles. The highest BCUT2D eigenvalue weighted by Crippen LogP contribution is 2.30. The predicted octanol–water partition coefficient (Wildman–Crippen LogP) is 7.60. The molecule has 284 valence electrons. The molecule has 6 rings (SSSR count). The molecule has 0 bridgehead atoms. The summed E-state index contributed by atoms with van der Waals surface area (Å²) in [5, 5.41) is 3.01. The first-order valence-electron chi connectivity index (χ1n) is 18.9. The van der Waals surface area contributed by atoms with Crippen LogP contribution in [0.25, 0.3) is 11.3 Å². The smallest absolute Gasteiger partial charge is 0.254 e. The number of carbonyl (C=O) groups excluding carboxylic acids is 1. The minimum Gasteiger partial charge on any atom is -0.497 e. The summed E-state index contributed by atoms with van der Waals surface area (Å²) in [7, 11) is 4.75. The number of anilines is 1. The van der Waals surface area contributed by atoms with Crippen LogP contribution < -0.4 is 25.1 Å². The van der Waals surface area contributed by atoms with E-state index in [-0.39, 0.29) is 23.6 Å². The second kappa shape index (κ2) is 18.3. The van der Waals surface area contributed by atoms with Crippen LogP contribution in [0.15, 0.2) is 77.6 Å². The van der Waals surface area contributed by atoms with Gasteiger partial charge in [-0.15, -0.1) is 0 Å². The van der Waals surface area contributed by atoms with Crippen molar-refractivity contribution in [2.75, 3.05) is 39.9 Å². The van der Waals surface area contributed by atoms with Crippen molar-refractivity contribution < 1.29 is 28.5 Å². The number of aromatic nitrogens is 2. The molecule has 1 saturated heterocycles. The lowest BCUT2D eigenvalue weighted by Gasteiger charge is -2.30. The molecule has 54 heavy (non-hydrogen) atoms. The number of aryl methyl sites for hydroxylation is 1. The van der Waals surface area contributed by atoms with Gasteiger partial charge in [0.15, 0.2) is 0 Å². The minimum atomic E-state index is -0.630. The number of carbonyl (C=O) groups is 1. The van der Waals surface area contributed by atoms with Crippen molar-refractivity contribution >= 4 is 11.6 Å². The molecule has 2 aromatic heterocycles. The molecule has 0 radical (unpaired) electrons. The number of nitrogens with one attached hydrogen (secondary N) is 1. The highest BCUT2D eigenvalue weighted by molar-refractivity contribution is 5.94. The van der Waals surface area contributed by atoms with E-state index in [1.165, 1.54) is 12.8 Å². The average molecular weight is 734 g/mol. The minimum absolute atomic E-state index is 0.0600. The summed E-state index contributed by atoms with van der Waals surface area (Å²) in [6, 6.07) is 22.6. The topological polar surface area (TPSA) is 110 Å². The highest BCUT2D eigenvalue weighted by Gasteiger charge is 2.25. The molecule has 2 fully saturated rings. The Morgan fingerprint density at radius 2 is 1.81 bits per heavy atom. The molecule has 4 atom stereocenters. The van der Waals surface area contributed by atoms with Gasteiger partial charge in [0, 0.05) is 54.3 Å². The zero-order valence-electron chi connectivity index (χ0n) is 31.9. The van der Waals surface area contributed by atoms with Gasteiger partial charge < -0.3 is 33.6 Å². The Bertz CT molecular complexity index is 2010. The quantitative estimate of drug-likeness (QED) is 0.125. The van der Waals surface area contributed by atoms with Gasteiger partial charge in [-0.05, 0) is 107 Å². The molecule has 1 N–H and O–H groups in total. The number of pyridine rings is 2. The monoisotopic (exact) mass is 733 g/mol. The number of rotatable bonds is 15. The first kappa shape index (κ1) is 38.6. The van der Waals surface area contributed by atoms with E-state index in [2.05, 4.69) is 22.1 Å². The van der Waals surface area contributed by atoms with E-state index in [1.807, 2.05) is 74.5 Å². The number of ether oxygens (including phenoxy) is 5. The SMILES string of the molecule is COc1ccc([C@H](C)n2c(C)cc(OCC3CCOC(CCC[C@H](OC)C(=O)Nc4cc(OC)nc(-c5cccc(C#CC6CC6)c5)c4)C3)cc2=O)cc1. The number of hydrogen-bond acceptors (Lipinski definition) is 8. The van der Waals surface area contributed by atoms with Crippen molar-refractivity contribution in [3.05, 3.63) is 100.0 Å². The summed E-state index contributed by atoms with van der Waals surface area (Å²) in [6.07, 6.45) is 5.62. The van der Waals surface area contributed by atoms with Crippen LogP contribution >= 0.6 is 0 Å². The Kier molecular flexibility index (Phi) is 13.1. The number of nitrogens with zero attached hydrogens (tertiary/aromatic N) is 2. The molecule has 10 heteroatoms. The summed E-state index contributed by atoms with van der Waals surface area (Å²) in [6.45, 7) is 5.11. The van der Waals surface area contributed by atoms with Gasteiger partial charge in [0.2, 0.25) is 5.88 Å². The number of benzene rings is 2. The predicted molar refractivity (Wildman–Crippen MR) is 209 cm³/mol. The van der Waals surface area contributed by atoms with Crippen LogP contribution in [0.5, 0.6) is 17.4 Å². The van der Waals surface area contributed by atoms with Gasteiger partial charge in [-0.25, -0.2) is 4.98 Å². The van der Waals surface area contributed by atoms with Gasteiger partial charge in [-0.1, -0.05) is 36.1 Å². The highest BCUT2D eigenvalue weighted by atomic mass is 16.5. The Hall–Kier alpha value is -5.11. The van der Waals surface area contributed by atoms with Crippen molar-refractivity contribution in [3.63, 3.8) is 0 Å². The van der Waals surface area contributed by atoms with E-state index >= 15 is 0 Å². The van der Waals surface area contributed by atoms with E-state index < -0.39 is 6.10 Å². The Morgan fingerprint density at radius 1 is 1.00 bits per heavy atom. The van der Waals surface area contributed by atoms with E-state index in [0.29, 0.717) is 54.5 Å². The average Bonchev–Trinajstić information content (AvgIpc) is 4.02. The summed E-state index contributed by atoms with van der Waals surface area (Å²) in [5.74, 6) is 8.91. The fraction of sp³-hybridized carbons (Fsp3) is 0.432. The van der Waals surface area contributed by atoms with Crippen molar-refractivity contribution in [3.8, 4) is 40.5 Å². The van der Waals surface area contributed by atoms with Gasteiger partial charge in [-0.2, -0.15) is 0 Å². The van der Waals surface area contributed by atoms with Crippen LogP contribution in [0, 0.1) is 30.6 Å². The third-order valence-electron chi connectivity index (χ3n) is 10.2. The molecular formula is C44H51N3O7. The maximum absolute atomic E-state index is 13.4. The van der Waals surface area contributed by atoms with Gasteiger partial charge in [0.1, 0.15) is 17.6 Å². The van der Waals surface area contributed by atoms with Gasteiger partial charge in [0.25, 0.3) is 11.5 Å². The van der Waals surface area contributed by atoms with Crippen LogP contribution in [-0.4, -0.2) is 62.2 Å². The second-order valence-corrected chi connectivity index (χ2v) is 14.2. The molecule has 0 spiro atoms. The summed E-state index contributed by atoms with van der Waals surface area (Å²) in [5.41, 5.74) is 4.85. The summed E-state index contributed by atoms with van der Waals surface area (Å²) in [4.78, 5) is 31.2. The molecular weight excluding hydrogens is 682 g/mol. The number of methoxy groups -OCH3 is 3. The van der Waals surface area contributed by atoms with E-state index in [9.17, 15) is 9.59 Å². The van der Waals surface area contributed by atoms with Crippen LogP contribution in [0.2, 0.25) is 0 Å². The molecule has 10 nitrogen and oxygen atoms in total. The van der Waals surface area contributed by atoms with E-state index in [1.54, 1.807) is 38.0 Å². The summed E-state index contributed by atoms with van der Waals surface area (Å²) < 4.78 is 30.4. The van der Waals surface area contributed by atoms with Crippen molar-refractivity contribution in [1.82, 2.24) is 9.55 Å². The normalized spacial score (nSPS) is 17.8. The maximum Gasteiger partial charge on any atom is 0.254 e. The zero-order chi connectivity index (χ0) is 38.0. The second-order valence-electron chi connectivity index (χ2n) is 14.2. The van der Waals surface area contributed by atoms with Crippen LogP contribution in [0.3, 0.4) is 0 Å². The first-order valence-corrected chi connectivity index (χ1v) is 18.9. The molecule has 2 aliphatic rings. The molecule has 1 aliphatic carbocycles. The number of amides is 1. The molecule has 2 aromatic carbocycles.